The molecule has 0 aliphatic rings. The molecule has 1 aromatic carbocycles. The van der Waals surface area contributed by atoms with Crippen LogP contribution in [-0.4, -0.2) is 11.7 Å². The summed E-state index contributed by atoms with van der Waals surface area (Å²) in [6.45, 7) is 2.52. The van der Waals surface area contributed by atoms with Crippen LogP contribution in [0.1, 0.15) is 11.1 Å². The molecule has 2 rings (SSSR count). The third-order valence-corrected chi connectivity index (χ3v) is 3.19. The van der Waals surface area contributed by atoms with Crippen LogP contribution in [0, 0.1) is 6.92 Å². The molecule has 0 atom stereocenters. The van der Waals surface area contributed by atoms with Crippen LogP contribution in [0.4, 0.5) is 0 Å². The molecule has 2 aromatic rings. The van der Waals surface area contributed by atoms with E-state index >= 15 is 0 Å². The number of aryl methyl sites for hydroxylation is 1. The van der Waals surface area contributed by atoms with Gasteiger partial charge in [-0.25, -0.2) is 0 Å². The summed E-state index contributed by atoms with van der Waals surface area (Å²) in [5.41, 5.74) is 2.12. The second-order valence-electron chi connectivity index (χ2n) is 4.13. The second-order valence-corrected chi connectivity index (χ2v) is 5.04. The van der Waals surface area contributed by atoms with Gasteiger partial charge < -0.3 is 9.30 Å². The molecule has 0 spiro atoms. The largest absolute Gasteiger partial charge is 0.496 e. The van der Waals surface area contributed by atoms with Crippen molar-refractivity contribution in [3.63, 3.8) is 0 Å². The van der Waals surface area contributed by atoms with Gasteiger partial charge in [-0.15, -0.1) is 0 Å². The third kappa shape index (κ3) is 2.82. The zero-order valence-corrected chi connectivity index (χ0v) is 11.9. The van der Waals surface area contributed by atoms with Crippen molar-refractivity contribution in [3.8, 4) is 5.75 Å². The van der Waals surface area contributed by atoms with Gasteiger partial charge in [-0.2, -0.15) is 0 Å². The van der Waals surface area contributed by atoms with Gasteiger partial charge in [0.05, 0.1) is 13.7 Å². The molecule has 0 bridgehead atoms. The monoisotopic (exact) mass is 307 g/mol. The Morgan fingerprint density at radius 3 is 2.78 bits per heavy atom. The van der Waals surface area contributed by atoms with Crippen LogP contribution < -0.4 is 10.3 Å². The van der Waals surface area contributed by atoms with E-state index in [1.165, 1.54) is 0 Å². The summed E-state index contributed by atoms with van der Waals surface area (Å²) >= 11 is 3.37. The first kappa shape index (κ1) is 12.9. The number of benzene rings is 1. The zero-order valence-electron chi connectivity index (χ0n) is 10.3. The number of methoxy groups -OCH3 is 1. The highest BCUT2D eigenvalue weighted by atomic mass is 79.9. The fourth-order valence-electron chi connectivity index (χ4n) is 1.84. The molecule has 0 N–H and O–H groups in total. The summed E-state index contributed by atoms with van der Waals surface area (Å²) in [6, 6.07) is 9.24. The third-order valence-electron chi connectivity index (χ3n) is 2.72. The minimum absolute atomic E-state index is 0.0261. The number of ether oxygens (including phenoxy) is 1. The summed E-state index contributed by atoms with van der Waals surface area (Å²) in [4.78, 5) is 11.8. The number of pyridine rings is 1. The molecule has 0 unspecified atom stereocenters. The highest BCUT2D eigenvalue weighted by Crippen LogP contribution is 2.20. The van der Waals surface area contributed by atoms with Crippen molar-refractivity contribution in [2.45, 2.75) is 13.5 Å². The van der Waals surface area contributed by atoms with E-state index in [2.05, 4.69) is 15.9 Å². The first-order valence-electron chi connectivity index (χ1n) is 5.59. The Hall–Kier alpha value is -1.55. The maximum Gasteiger partial charge on any atom is 0.250 e. The first-order chi connectivity index (χ1) is 8.60. The van der Waals surface area contributed by atoms with Crippen LogP contribution in [0.5, 0.6) is 5.75 Å². The molecule has 94 valence electrons. The Morgan fingerprint density at radius 1 is 1.28 bits per heavy atom. The number of hydrogen-bond donors (Lipinski definition) is 0. The minimum atomic E-state index is -0.0261. The summed E-state index contributed by atoms with van der Waals surface area (Å²) in [5, 5.41) is 0. The Balaban J connectivity index is 2.42. The van der Waals surface area contributed by atoms with Crippen LogP contribution in [0.3, 0.4) is 0 Å². The van der Waals surface area contributed by atoms with Gasteiger partial charge in [0.25, 0.3) is 5.56 Å². The van der Waals surface area contributed by atoms with Gasteiger partial charge in [-0.1, -0.05) is 17.7 Å². The zero-order chi connectivity index (χ0) is 13.1. The predicted molar refractivity (Wildman–Crippen MR) is 75.2 cm³/mol. The number of rotatable bonds is 3. The number of aromatic nitrogens is 1. The van der Waals surface area contributed by atoms with Gasteiger partial charge in [-0.05, 0) is 35.0 Å². The average Bonchev–Trinajstić information content (AvgIpc) is 2.34. The molecule has 0 saturated heterocycles. The van der Waals surface area contributed by atoms with Crippen LogP contribution >= 0.6 is 15.9 Å². The topological polar surface area (TPSA) is 31.2 Å². The maximum atomic E-state index is 11.8. The number of halogens is 1. The van der Waals surface area contributed by atoms with Crippen molar-refractivity contribution < 1.29 is 4.74 Å². The molecule has 0 amide bonds. The molecular formula is C14H14BrNO2. The van der Waals surface area contributed by atoms with Gasteiger partial charge in [0.2, 0.25) is 0 Å². The van der Waals surface area contributed by atoms with Crippen molar-refractivity contribution in [1.82, 2.24) is 4.57 Å². The van der Waals surface area contributed by atoms with Crippen LogP contribution in [0.2, 0.25) is 0 Å². The van der Waals surface area contributed by atoms with E-state index < -0.39 is 0 Å². The van der Waals surface area contributed by atoms with Gasteiger partial charge in [0.1, 0.15) is 5.75 Å². The molecule has 1 heterocycles. The van der Waals surface area contributed by atoms with Gasteiger partial charge in [0, 0.05) is 22.3 Å². The van der Waals surface area contributed by atoms with E-state index in [1.807, 2.05) is 25.1 Å². The Kier molecular flexibility index (Phi) is 3.87. The van der Waals surface area contributed by atoms with Crippen molar-refractivity contribution in [2.75, 3.05) is 7.11 Å². The maximum absolute atomic E-state index is 11.8. The van der Waals surface area contributed by atoms with Crippen molar-refractivity contribution in [2.24, 2.45) is 0 Å². The predicted octanol–water partition coefficient (Wildman–Crippen LogP) is 2.98. The number of hydrogen-bond acceptors (Lipinski definition) is 2. The Labute approximate surface area is 114 Å². The quantitative estimate of drug-likeness (QED) is 0.873. The van der Waals surface area contributed by atoms with Crippen LogP contribution in [-0.2, 0) is 6.54 Å². The standard InChI is InChI=1S/C14H14BrNO2/c1-10-3-5-13(18-2)11(7-10)8-16-9-12(15)4-6-14(16)17/h3-7,9H,8H2,1-2H3. The lowest BCUT2D eigenvalue weighted by Gasteiger charge is -2.11. The summed E-state index contributed by atoms with van der Waals surface area (Å²) in [7, 11) is 1.64. The lowest BCUT2D eigenvalue weighted by Crippen LogP contribution is -2.19. The van der Waals surface area contributed by atoms with Crippen LogP contribution in [0.15, 0.2) is 45.8 Å². The minimum Gasteiger partial charge on any atom is -0.496 e. The fourth-order valence-corrected chi connectivity index (χ4v) is 2.22. The molecular weight excluding hydrogens is 294 g/mol. The smallest absolute Gasteiger partial charge is 0.250 e. The molecule has 1 aromatic heterocycles. The molecule has 0 saturated carbocycles. The highest BCUT2D eigenvalue weighted by Gasteiger charge is 2.05. The average molecular weight is 308 g/mol. The SMILES string of the molecule is COc1ccc(C)cc1Cn1cc(Br)ccc1=O. The Morgan fingerprint density at radius 2 is 2.06 bits per heavy atom. The lowest BCUT2D eigenvalue weighted by molar-refractivity contribution is 0.408. The van der Waals surface area contributed by atoms with Crippen molar-refractivity contribution in [1.29, 1.82) is 0 Å². The molecule has 0 fully saturated rings. The van der Waals surface area contributed by atoms with Gasteiger partial charge in [0.15, 0.2) is 0 Å². The molecule has 18 heavy (non-hydrogen) atoms. The molecule has 3 nitrogen and oxygen atoms in total. The fraction of sp³-hybridized carbons (Fsp3) is 0.214. The summed E-state index contributed by atoms with van der Waals surface area (Å²) in [6.07, 6.45) is 1.78. The van der Waals surface area contributed by atoms with Crippen molar-refractivity contribution >= 4 is 15.9 Å². The molecule has 0 aliphatic carbocycles. The number of nitrogens with zero attached hydrogens (tertiary/aromatic N) is 1. The van der Waals surface area contributed by atoms with E-state index in [1.54, 1.807) is 30.0 Å². The van der Waals surface area contributed by atoms with E-state index in [-0.39, 0.29) is 5.56 Å². The highest BCUT2D eigenvalue weighted by molar-refractivity contribution is 9.10. The first-order valence-corrected chi connectivity index (χ1v) is 6.39. The van der Waals surface area contributed by atoms with Crippen LogP contribution in [0.25, 0.3) is 0 Å². The summed E-state index contributed by atoms with van der Waals surface area (Å²) in [5.74, 6) is 0.799. The Bertz CT molecular complexity index is 619. The normalized spacial score (nSPS) is 10.4. The molecule has 0 radical (unpaired) electrons. The second kappa shape index (κ2) is 5.40. The van der Waals surface area contributed by atoms with E-state index in [0.717, 1.165) is 21.3 Å². The van der Waals surface area contributed by atoms with Gasteiger partial charge >= 0.3 is 0 Å². The van der Waals surface area contributed by atoms with Crippen molar-refractivity contribution in [3.05, 3.63) is 62.5 Å². The lowest BCUT2D eigenvalue weighted by atomic mass is 10.1. The van der Waals surface area contributed by atoms with E-state index in [4.69, 9.17) is 4.74 Å². The molecule has 4 heteroatoms. The van der Waals surface area contributed by atoms with E-state index in [0.29, 0.717) is 6.54 Å². The van der Waals surface area contributed by atoms with E-state index in [9.17, 15) is 4.79 Å². The summed E-state index contributed by atoms with van der Waals surface area (Å²) < 4.78 is 7.85. The molecule has 0 aliphatic heterocycles. The van der Waals surface area contributed by atoms with Gasteiger partial charge in [-0.3, -0.25) is 4.79 Å².